The van der Waals surface area contributed by atoms with Gasteiger partial charge in [-0.15, -0.1) is 11.8 Å². The average molecular weight is 295 g/mol. The number of H-pyrrole nitrogens is 1. The lowest BCUT2D eigenvalue weighted by molar-refractivity contribution is -0.113. The molecule has 1 unspecified atom stereocenters. The summed E-state index contributed by atoms with van der Waals surface area (Å²) in [4.78, 5) is 11.6. The minimum absolute atomic E-state index is 0.179. The number of thioether (sulfide) groups is 1. The first-order chi connectivity index (χ1) is 9.54. The van der Waals surface area contributed by atoms with Crippen LogP contribution in [0.5, 0.6) is 0 Å². The monoisotopic (exact) mass is 295 g/mol. The summed E-state index contributed by atoms with van der Waals surface area (Å²) in [7, 11) is 0. The fraction of sp³-hybridized carbons (Fsp3) is 0.231. The van der Waals surface area contributed by atoms with Gasteiger partial charge in [-0.05, 0) is 24.6 Å². The van der Waals surface area contributed by atoms with Gasteiger partial charge < -0.3 is 5.32 Å². The molecule has 1 atom stereocenters. The Bertz CT molecular complexity index is 666. The van der Waals surface area contributed by atoms with Crippen LogP contribution in [0.1, 0.15) is 22.1 Å². The zero-order valence-electron chi connectivity index (χ0n) is 10.5. The summed E-state index contributed by atoms with van der Waals surface area (Å²) in [6, 6.07) is 3.40. The molecule has 1 aliphatic heterocycles. The smallest absolute Gasteiger partial charge is 0.235 e. The number of amides is 1. The third kappa shape index (κ3) is 2.29. The van der Waals surface area contributed by atoms with Crippen molar-refractivity contribution >= 4 is 23.5 Å². The molecule has 2 aromatic rings. The van der Waals surface area contributed by atoms with E-state index < -0.39 is 11.6 Å². The van der Waals surface area contributed by atoms with E-state index in [1.165, 1.54) is 23.9 Å². The Labute approximate surface area is 118 Å². The fourth-order valence-corrected chi connectivity index (χ4v) is 3.43. The van der Waals surface area contributed by atoms with Gasteiger partial charge in [0.05, 0.1) is 11.0 Å². The molecule has 3 rings (SSSR count). The lowest BCUT2D eigenvalue weighted by Crippen LogP contribution is -2.12. The molecule has 1 aromatic heterocycles. The van der Waals surface area contributed by atoms with Gasteiger partial charge in [-0.3, -0.25) is 9.89 Å². The average Bonchev–Trinajstić information content (AvgIpc) is 2.63. The maximum atomic E-state index is 13.4. The van der Waals surface area contributed by atoms with Crippen LogP contribution >= 0.6 is 11.8 Å². The van der Waals surface area contributed by atoms with E-state index in [9.17, 15) is 13.6 Å². The highest BCUT2D eigenvalue weighted by Gasteiger charge is 2.28. The van der Waals surface area contributed by atoms with Crippen LogP contribution in [0.4, 0.5) is 14.6 Å². The quantitative estimate of drug-likeness (QED) is 0.850. The zero-order chi connectivity index (χ0) is 14.3. The van der Waals surface area contributed by atoms with E-state index in [4.69, 9.17) is 0 Å². The minimum atomic E-state index is -0.633. The van der Waals surface area contributed by atoms with E-state index in [2.05, 4.69) is 15.5 Å². The number of carbonyl (C=O) groups excluding carboxylic acids is 1. The van der Waals surface area contributed by atoms with Crippen LogP contribution in [0.3, 0.4) is 0 Å². The van der Waals surface area contributed by atoms with E-state index >= 15 is 0 Å². The number of halogens is 2. The van der Waals surface area contributed by atoms with Gasteiger partial charge in [0.2, 0.25) is 5.91 Å². The highest BCUT2D eigenvalue weighted by molar-refractivity contribution is 8.00. The SMILES string of the molecule is Cc1[nH]nc2c1C(c1cc(F)cc(F)c1)SCC(=O)N2. The molecule has 0 saturated heterocycles. The predicted octanol–water partition coefficient (Wildman–Crippen LogP) is 2.77. The molecule has 20 heavy (non-hydrogen) atoms. The van der Waals surface area contributed by atoms with Gasteiger partial charge in [-0.2, -0.15) is 5.10 Å². The van der Waals surface area contributed by atoms with Gasteiger partial charge in [0, 0.05) is 17.3 Å². The first kappa shape index (κ1) is 13.1. The number of anilines is 1. The summed E-state index contributed by atoms with van der Waals surface area (Å²) >= 11 is 1.32. The van der Waals surface area contributed by atoms with Crippen molar-refractivity contribution in [2.24, 2.45) is 0 Å². The van der Waals surface area contributed by atoms with Gasteiger partial charge in [0.1, 0.15) is 11.6 Å². The number of fused-ring (bicyclic) bond motifs is 1. The Morgan fingerprint density at radius 3 is 2.70 bits per heavy atom. The Kier molecular flexibility index (Phi) is 3.21. The van der Waals surface area contributed by atoms with Crippen LogP contribution < -0.4 is 5.32 Å². The number of nitrogens with zero attached hydrogens (tertiary/aromatic N) is 1. The van der Waals surface area contributed by atoms with Crippen molar-refractivity contribution in [1.82, 2.24) is 10.2 Å². The van der Waals surface area contributed by atoms with Crippen LogP contribution in [0, 0.1) is 18.6 Å². The molecule has 4 nitrogen and oxygen atoms in total. The third-order valence-corrected chi connectivity index (χ3v) is 4.35. The number of carbonyl (C=O) groups is 1. The molecular formula is C13H11F2N3OS. The molecule has 1 amide bonds. The molecular weight excluding hydrogens is 284 g/mol. The first-order valence-corrected chi connectivity index (χ1v) is 7.02. The van der Waals surface area contributed by atoms with E-state index in [1.54, 1.807) is 0 Å². The molecule has 1 aliphatic rings. The van der Waals surface area contributed by atoms with Gasteiger partial charge >= 0.3 is 0 Å². The van der Waals surface area contributed by atoms with Crippen molar-refractivity contribution in [2.45, 2.75) is 12.2 Å². The van der Waals surface area contributed by atoms with Crippen molar-refractivity contribution in [1.29, 1.82) is 0 Å². The summed E-state index contributed by atoms with van der Waals surface area (Å²) in [5, 5.41) is 9.16. The number of aromatic amines is 1. The Morgan fingerprint density at radius 1 is 1.30 bits per heavy atom. The summed E-state index contributed by atoms with van der Waals surface area (Å²) in [5.74, 6) is -0.813. The van der Waals surface area contributed by atoms with E-state index in [1.807, 2.05) is 6.92 Å². The molecule has 2 heterocycles. The number of hydrogen-bond donors (Lipinski definition) is 2. The second-order valence-electron chi connectivity index (χ2n) is 4.55. The zero-order valence-corrected chi connectivity index (χ0v) is 11.4. The standard InChI is InChI=1S/C13H11F2N3OS/c1-6-11-12(7-2-8(14)4-9(15)3-7)20-5-10(19)16-13(11)18-17-6/h2-4,12H,5H2,1H3,(H2,16,17,18,19). The minimum Gasteiger partial charge on any atom is -0.308 e. The summed E-state index contributed by atoms with van der Waals surface area (Å²) in [6.45, 7) is 1.81. The predicted molar refractivity (Wildman–Crippen MR) is 72.6 cm³/mol. The van der Waals surface area contributed by atoms with Crippen LogP contribution in [0.25, 0.3) is 0 Å². The van der Waals surface area contributed by atoms with Gasteiger partial charge in [0.25, 0.3) is 0 Å². The second-order valence-corrected chi connectivity index (χ2v) is 5.65. The number of aromatic nitrogens is 2. The molecule has 7 heteroatoms. The number of nitrogens with one attached hydrogen (secondary N) is 2. The largest absolute Gasteiger partial charge is 0.308 e. The summed E-state index contributed by atoms with van der Waals surface area (Å²) in [6.07, 6.45) is 0. The second kappa shape index (κ2) is 4.90. The van der Waals surface area contributed by atoms with Crippen LogP contribution in [-0.2, 0) is 4.79 Å². The van der Waals surface area contributed by atoms with Gasteiger partial charge in [0.15, 0.2) is 5.82 Å². The number of hydrogen-bond acceptors (Lipinski definition) is 3. The molecule has 104 valence electrons. The van der Waals surface area contributed by atoms with E-state index in [-0.39, 0.29) is 16.9 Å². The molecule has 0 saturated carbocycles. The fourth-order valence-electron chi connectivity index (χ4n) is 2.25. The van der Waals surface area contributed by atoms with Gasteiger partial charge in [-0.1, -0.05) is 0 Å². The highest BCUT2D eigenvalue weighted by atomic mass is 32.2. The molecule has 0 spiro atoms. The molecule has 0 aliphatic carbocycles. The van der Waals surface area contributed by atoms with Crippen molar-refractivity contribution in [3.63, 3.8) is 0 Å². The van der Waals surface area contributed by atoms with Crippen molar-refractivity contribution in [3.05, 3.63) is 46.7 Å². The molecule has 0 fully saturated rings. The lowest BCUT2D eigenvalue weighted by atomic mass is 10.0. The van der Waals surface area contributed by atoms with Crippen molar-refractivity contribution in [2.75, 3.05) is 11.1 Å². The number of benzene rings is 1. The lowest BCUT2D eigenvalue weighted by Gasteiger charge is -2.15. The molecule has 0 radical (unpaired) electrons. The topological polar surface area (TPSA) is 57.8 Å². The summed E-state index contributed by atoms with van der Waals surface area (Å²) in [5.41, 5.74) is 2.00. The van der Waals surface area contributed by atoms with Crippen LogP contribution in [0.2, 0.25) is 0 Å². The number of rotatable bonds is 1. The maximum absolute atomic E-state index is 13.4. The molecule has 0 bridgehead atoms. The molecule has 2 N–H and O–H groups in total. The van der Waals surface area contributed by atoms with Crippen LogP contribution in [-0.4, -0.2) is 21.9 Å². The number of aryl methyl sites for hydroxylation is 1. The third-order valence-electron chi connectivity index (χ3n) is 3.08. The Balaban J connectivity index is 2.13. The van der Waals surface area contributed by atoms with Crippen molar-refractivity contribution in [3.8, 4) is 0 Å². The normalized spacial score (nSPS) is 18.4. The highest BCUT2D eigenvalue weighted by Crippen LogP contribution is 2.42. The van der Waals surface area contributed by atoms with E-state index in [0.29, 0.717) is 11.4 Å². The Hall–Kier alpha value is -1.89. The Morgan fingerprint density at radius 2 is 2.00 bits per heavy atom. The van der Waals surface area contributed by atoms with Crippen molar-refractivity contribution < 1.29 is 13.6 Å². The van der Waals surface area contributed by atoms with Gasteiger partial charge in [-0.25, -0.2) is 8.78 Å². The van der Waals surface area contributed by atoms with E-state index in [0.717, 1.165) is 17.3 Å². The summed E-state index contributed by atoms with van der Waals surface area (Å²) < 4.78 is 26.8. The molecule has 1 aromatic carbocycles. The maximum Gasteiger partial charge on any atom is 0.235 e. The first-order valence-electron chi connectivity index (χ1n) is 5.97. The van der Waals surface area contributed by atoms with Crippen LogP contribution in [0.15, 0.2) is 18.2 Å².